The molecule has 2 fully saturated rings. The number of hydrogen-bond donors (Lipinski definition) is 3. The van der Waals surface area contributed by atoms with Gasteiger partial charge in [0.1, 0.15) is 11.7 Å². The predicted octanol–water partition coefficient (Wildman–Crippen LogP) is 5.13. The molecule has 3 amide bonds. The zero-order valence-electron chi connectivity index (χ0n) is 25.9. The molecule has 0 unspecified atom stereocenters. The van der Waals surface area contributed by atoms with Crippen molar-refractivity contribution in [2.75, 3.05) is 13.1 Å². The number of pyridine rings is 1. The molecule has 13 heteroatoms. The molecule has 2 saturated heterocycles. The van der Waals surface area contributed by atoms with Gasteiger partial charge in [-0.15, -0.1) is 0 Å². The Labute approximate surface area is 268 Å². The summed E-state index contributed by atoms with van der Waals surface area (Å²) in [5.41, 5.74) is 3.26. The van der Waals surface area contributed by atoms with Crippen LogP contribution in [0, 0.1) is 5.41 Å². The van der Waals surface area contributed by atoms with Crippen molar-refractivity contribution in [3.05, 3.63) is 90.3 Å². The molecule has 246 valence electrons. The Morgan fingerprint density at radius 1 is 0.915 bits per heavy atom. The van der Waals surface area contributed by atoms with Crippen molar-refractivity contribution in [3.8, 4) is 11.3 Å². The summed E-state index contributed by atoms with van der Waals surface area (Å²) in [6.45, 7) is 6.83. The molecule has 47 heavy (non-hydrogen) atoms. The minimum atomic E-state index is -5.08. The molecule has 0 aliphatic carbocycles. The third kappa shape index (κ3) is 7.29. The van der Waals surface area contributed by atoms with Crippen molar-refractivity contribution in [1.29, 1.82) is 0 Å². The molecule has 0 radical (unpaired) electrons. The number of para-hydroxylation sites is 1. The van der Waals surface area contributed by atoms with Crippen molar-refractivity contribution >= 4 is 34.6 Å². The van der Waals surface area contributed by atoms with Crippen molar-refractivity contribution in [1.82, 2.24) is 25.1 Å². The van der Waals surface area contributed by atoms with Crippen molar-refractivity contribution in [2.24, 2.45) is 5.41 Å². The van der Waals surface area contributed by atoms with Gasteiger partial charge in [0, 0.05) is 41.3 Å². The number of carbonyl (C=O) groups excluding carboxylic acids is 3. The number of fused-ring (bicyclic) bond motifs is 3. The number of carboxylic acids is 1. The summed E-state index contributed by atoms with van der Waals surface area (Å²) in [4.78, 5) is 60.6. The largest absolute Gasteiger partial charge is 0.490 e. The SMILES string of the molecule is CC(C)(C)[C@H](NC(=O)c1cc2ccccc2[nH]1)C(=O)N1C[C@@H]2C[C@H]1CN2C(=O)c1ccc(-c2ccccn2)cc1.O=C(O)C(F)(F)F. The summed E-state index contributed by atoms with van der Waals surface area (Å²) in [6, 6.07) is 22.0. The first-order valence-electron chi connectivity index (χ1n) is 14.9. The predicted molar refractivity (Wildman–Crippen MR) is 167 cm³/mol. The van der Waals surface area contributed by atoms with Crippen molar-refractivity contribution in [3.63, 3.8) is 0 Å². The third-order valence-corrected chi connectivity index (χ3v) is 8.28. The molecular weight excluding hydrogens is 615 g/mol. The summed E-state index contributed by atoms with van der Waals surface area (Å²) >= 11 is 0. The number of benzene rings is 2. The Morgan fingerprint density at radius 2 is 1.53 bits per heavy atom. The first-order chi connectivity index (χ1) is 22.1. The zero-order chi connectivity index (χ0) is 34.1. The average molecular weight is 650 g/mol. The third-order valence-electron chi connectivity index (χ3n) is 8.28. The molecule has 4 heterocycles. The van der Waals surface area contributed by atoms with Crippen LogP contribution in [-0.2, 0) is 9.59 Å². The summed E-state index contributed by atoms with van der Waals surface area (Å²) in [7, 11) is 0. The van der Waals surface area contributed by atoms with Crippen LogP contribution in [0.1, 0.15) is 48.0 Å². The van der Waals surface area contributed by atoms with E-state index >= 15 is 0 Å². The van der Waals surface area contributed by atoms with Crippen LogP contribution in [-0.4, -0.2) is 86.0 Å². The van der Waals surface area contributed by atoms with E-state index in [1.165, 1.54) is 0 Å². The summed E-state index contributed by atoms with van der Waals surface area (Å²) < 4.78 is 31.7. The number of aromatic amines is 1. The van der Waals surface area contributed by atoms with Gasteiger partial charge in [-0.3, -0.25) is 19.4 Å². The van der Waals surface area contributed by atoms with E-state index in [1.807, 2.05) is 97.3 Å². The van der Waals surface area contributed by atoms with Gasteiger partial charge in [0.25, 0.3) is 11.8 Å². The quantitative estimate of drug-likeness (QED) is 0.274. The average Bonchev–Trinajstić information content (AvgIpc) is 3.77. The Kier molecular flexibility index (Phi) is 9.10. The lowest BCUT2D eigenvalue weighted by atomic mass is 9.85. The van der Waals surface area contributed by atoms with E-state index in [-0.39, 0.29) is 29.8 Å². The lowest BCUT2D eigenvalue weighted by Gasteiger charge is -2.39. The number of carboxylic acid groups (broad SMARTS) is 1. The minimum Gasteiger partial charge on any atom is -0.475 e. The highest BCUT2D eigenvalue weighted by atomic mass is 19.4. The molecule has 2 aromatic carbocycles. The van der Waals surface area contributed by atoms with Crippen LogP contribution in [0.15, 0.2) is 79.0 Å². The molecule has 2 aliphatic heterocycles. The molecular formula is C34H34F3N5O5. The number of nitrogens with one attached hydrogen (secondary N) is 2. The smallest absolute Gasteiger partial charge is 0.475 e. The second-order valence-corrected chi connectivity index (χ2v) is 12.6. The summed E-state index contributed by atoms with van der Waals surface area (Å²) in [6.07, 6.45) is -2.59. The monoisotopic (exact) mass is 649 g/mol. The van der Waals surface area contributed by atoms with Crippen LogP contribution >= 0.6 is 0 Å². The molecule has 6 rings (SSSR count). The first-order valence-corrected chi connectivity index (χ1v) is 14.9. The number of alkyl halides is 3. The Morgan fingerprint density at radius 3 is 2.09 bits per heavy atom. The highest BCUT2D eigenvalue weighted by Crippen LogP contribution is 2.34. The molecule has 2 bridgehead atoms. The molecule has 10 nitrogen and oxygen atoms in total. The van der Waals surface area contributed by atoms with Crippen LogP contribution < -0.4 is 5.32 Å². The number of likely N-dealkylation sites (tertiary alicyclic amines) is 2. The molecule has 4 aromatic rings. The highest BCUT2D eigenvalue weighted by molar-refractivity contribution is 6.00. The van der Waals surface area contributed by atoms with Gasteiger partial charge in [-0.1, -0.05) is 57.2 Å². The highest BCUT2D eigenvalue weighted by Gasteiger charge is 2.50. The van der Waals surface area contributed by atoms with Gasteiger partial charge in [0.15, 0.2) is 0 Å². The first kappa shape index (κ1) is 33.2. The van der Waals surface area contributed by atoms with E-state index in [2.05, 4.69) is 15.3 Å². The number of nitrogens with zero attached hydrogens (tertiary/aromatic N) is 3. The van der Waals surface area contributed by atoms with Crippen LogP contribution in [0.2, 0.25) is 0 Å². The van der Waals surface area contributed by atoms with Crippen LogP contribution in [0.25, 0.3) is 22.2 Å². The summed E-state index contributed by atoms with van der Waals surface area (Å²) in [5.74, 6) is -3.18. The van der Waals surface area contributed by atoms with Gasteiger partial charge in [-0.2, -0.15) is 13.2 Å². The number of halogens is 3. The number of aromatic nitrogens is 2. The van der Waals surface area contributed by atoms with Gasteiger partial charge in [-0.25, -0.2) is 4.79 Å². The van der Waals surface area contributed by atoms with E-state index < -0.39 is 23.6 Å². The number of hydrogen-bond acceptors (Lipinski definition) is 5. The van der Waals surface area contributed by atoms with Crippen molar-refractivity contribution < 1.29 is 37.5 Å². The second kappa shape index (κ2) is 12.9. The summed E-state index contributed by atoms with van der Waals surface area (Å²) in [5, 5.41) is 11.1. The Balaban J connectivity index is 0.000000559. The lowest BCUT2D eigenvalue weighted by Crippen LogP contribution is -2.59. The second-order valence-electron chi connectivity index (χ2n) is 12.6. The standard InChI is InChI=1S/C32H33N5O3.C2HF3O2/c1-32(2,3)28(35-29(38)27-16-22-8-4-5-10-26(22)34-27)31(40)37-19-23-17-24(37)18-36(23)30(39)21-13-11-20(12-14-21)25-9-6-7-15-33-25;3-2(4,5)1(6)7/h4-16,23-24,28,34H,17-19H2,1-3H3,(H,35,38);(H,6,7)/t23-,24-,28+;/m0./s1. The fourth-order valence-corrected chi connectivity index (χ4v) is 5.89. The maximum Gasteiger partial charge on any atom is 0.490 e. The fourth-order valence-electron chi connectivity index (χ4n) is 5.89. The normalized spacial score (nSPS) is 18.0. The molecule has 0 saturated carbocycles. The zero-order valence-corrected chi connectivity index (χ0v) is 25.9. The fraction of sp³-hybridized carbons (Fsp3) is 0.324. The molecule has 0 spiro atoms. The molecule has 2 aliphatic rings. The number of amides is 3. The van der Waals surface area contributed by atoms with Gasteiger partial charge < -0.3 is 25.2 Å². The Bertz CT molecular complexity index is 1750. The number of aliphatic carboxylic acids is 1. The number of rotatable bonds is 5. The van der Waals surface area contributed by atoms with E-state index in [9.17, 15) is 27.6 Å². The Hall–Kier alpha value is -5.20. The van der Waals surface area contributed by atoms with Gasteiger partial charge >= 0.3 is 12.1 Å². The van der Waals surface area contributed by atoms with Crippen LogP contribution in [0.3, 0.4) is 0 Å². The maximum atomic E-state index is 13.8. The van der Waals surface area contributed by atoms with Gasteiger partial charge in [-0.05, 0) is 48.2 Å². The van der Waals surface area contributed by atoms with Gasteiger partial charge in [0.05, 0.1) is 17.8 Å². The van der Waals surface area contributed by atoms with Crippen LogP contribution in [0.5, 0.6) is 0 Å². The topological polar surface area (TPSA) is 136 Å². The molecule has 3 N–H and O–H groups in total. The van der Waals surface area contributed by atoms with Gasteiger partial charge in [0.2, 0.25) is 5.91 Å². The van der Waals surface area contributed by atoms with Crippen LogP contribution in [0.4, 0.5) is 13.2 Å². The van der Waals surface area contributed by atoms with E-state index in [0.29, 0.717) is 24.3 Å². The molecule has 2 aromatic heterocycles. The number of H-pyrrole nitrogens is 1. The molecule has 3 atom stereocenters. The lowest BCUT2D eigenvalue weighted by molar-refractivity contribution is -0.192. The van der Waals surface area contributed by atoms with E-state index in [4.69, 9.17) is 9.90 Å². The van der Waals surface area contributed by atoms with E-state index in [0.717, 1.165) is 28.6 Å². The number of piperazine rings is 1. The minimum absolute atomic E-state index is 0.0216. The maximum absolute atomic E-state index is 13.8. The number of carbonyl (C=O) groups is 4. The van der Waals surface area contributed by atoms with Crippen molar-refractivity contribution in [2.45, 2.75) is 51.5 Å². The van der Waals surface area contributed by atoms with E-state index in [1.54, 1.807) is 12.3 Å².